The molecule has 1 amide bonds. The van der Waals surface area contributed by atoms with Crippen LogP contribution in [0.3, 0.4) is 0 Å². The fourth-order valence-electron chi connectivity index (χ4n) is 2.51. The number of hydrogen-bond donors (Lipinski definition) is 0. The van der Waals surface area contributed by atoms with Gasteiger partial charge in [-0.05, 0) is 48.1 Å². The number of nitrogens with zero attached hydrogens (tertiary/aromatic N) is 2. The van der Waals surface area contributed by atoms with Gasteiger partial charge < -0.3 is 9.64 Å². The second-order valence-electron chi connectivity index (χ2n) is 5.83. The summed E-state index contributed by atoms with van der Waals surface area (Å²) in [7, 11) is 3.45. The number of halogens is 2. The van der Waals surface area contributed by atoms with Crippen molar-refractivity contribution >= 4 is 52.5 Å². The minimum absolute atomic E-state index is 0.116. The second kappa shape index (κ2) is 7.66. The first-order valence-electron chi connectivity index (χ1n) is 7.81. The molecule has 1 saturated heterocycles. The maximum absolute atomic E-state index is 12.2. The molecule has 1 aliphatic heterocycles. The normalized spacial score (nSPS) is 15.9. The van der Waals surface area contributed by atoms with Gasteiger partial charge in [-0.2, -0.15) is 0 Å². The lowest BCUT2D eigenvalue weighted by Gasteiger charge is -2.11. The molecule has 3 rings (SSSR count). The molecule has 4 nitrogen and oxygen atoms in total. The molecule has 2 aromatic rings. The van der Waals surface area contributed by atoms with Gasteiger partial charge in [0.1, 0.15) is 18.1 Å². The Morgan fingerprint density at radius 1 is 1.08 bits per heavy atom. The predicted octanol–water partition coefficient (Wildman–Crippen LogP) is 4.60. The number of rotatable bonds is 4. The lowest BCUT2D eigenvalue weighted by molar-refractivity contribution is -0.121. The Morgan fingerprint density at radius 3 is 2.35 bits per heavy atom. The maximum atomic E-state index is 12.2. The van der Waals surface area contributed by atoms with E-state index in [9.17, 15) is 4.79 Å². The van der Waals surface area contributed by atoms with Gasteiger partial charge in [0, 0.05) is 29.7 Å². The fourth-order valence-corrected chi connectivity index (χ4v) is 3.15. The van der Waals surface area contributed by atoms with E-state index in [1.54, 1.807) is 37.2 Å². The summed E-state index contributed by atoms with van der Waals surface area (Å²) in [4.78, 5) is 15.3. The second-order valence-corrected chi connectivity index (χ2v) is 7.04. The van der Waals surface area contributed by atoms with Crippen LogP contribution in [0.5, 0.6) is 5.75 Å². The first kappa shape index (κ1) is 18.7. The van der Waals surface area contributed by atoms with E-state index in [2.05, 4.69) is 0 Å². The zero-order valence-corrected chi connectivity index (χ0v) is 16.5. The van der Waals surface area contributed by atoms with Gasteiger partial charge in [0.25, 0.3) is 5.91 Å². The first-order valence-corrected chi connectivity index (χ1v) is 8.97. The molecule has 0 aliphatic carbocycles. The molecule has 0 saturated carbocycles. The molecule has 134 valence electrons. The number of hydrogen-bond acceptors (Lipinski definition) is 3. The molecule has 0 unspecified atom stereocenters. The molecule has 1 heterocycles. The standard InChI is InChI=1S/C19H16Cl2N2O2S/c1-22-17(18(24)23(2)19(22)26)9-12-3-7-15(8-4-12)25-11-13-5-6-14(20)10-16(13)21/h3-10H,11H2,1-2H3/b17-9-. The van der Waals surface area contributed by atoms with E-state index >= 15 is 0 Å². The van der Waals surface area contributed by atoms with Crippen LogP contribution in [0.15, 0.2) is 48.2 Å². The van der Waals surface area contributed by atoms with E-state index < -0.39 is 0 Å². The van der Waals surface area contributed by atoms with Crippen molar-refractivity contribution < 1.29 is 9.53 Å². The zero-order chi connectivity index (χ0) is 18.8. The smallest absolute Gasteiger partial charge is 0.276 e. The molecular formula is C19H16Cl2N2O2S. The highest BCUT2D eigenvalue weighted by Gasteiger charge is 2.32. The summed E-state index contributed by atoms with van der Waals surface area (Å²) in [6, 6.07) is 12.8. The highest BCUT2D eigenvalue weighted by atomic mass is 35.5. The summed E-state index contributed by atoms with van der Waals surface area (Å²) in [6.45, 7) is 0.344. The van der Waals surface area contributed by atoms with Crippen molar-refractivity contribution in [3.05, 3.63) is 69.3 Å². The largest absolute Gasteiger partial charge is 0.489 e. The molecule has 0 spiro atoms. The molecule has 0 bridgehead atoms. The van der Waals surface area contributed by atoms with Crippen LogP contribution in [0.25, 0.3) is 6.08 Å². The maximum Gasteiger partial charge on any atom is 0.276 e. The SMILES string of the molecule is CN1C(=O)/C(=C/c2ccc(OCc3ccc(Cl)cc3Cl)cc2)N(C)C1=S. The number of benzene rings is 2. The number of ether oxygens (including phenoxy) is 1. The van der Waals surface area contributed by atoms with E-state index in [1.165, 1.54) is 4.90 Å². The molecular weight excluding hydrogens is 391 g/mol. The Bertz CT molecular complexity index is 897. The summed E-state index contributed by atoms with van der Waals surface area (Å²) in [5, 5.41) is 1.65. The Kier molecular flexibility index (Phi) is 5.51. The Balaban J connectivity index is 1.70. The molecule has 0 radical (unpaired) electrons. The van der Waals surface area contributed by atoms with Crippen LogP contribution in [0.4, 0.5) is 0 Å². The van der Waals surface area contributed by atoms with Gasteiger partial charge in [-0.15, -0.1) is 0 Å². The Morgan fingerprint density at radius 2 is 1.77 bits per heavy atom. The Labute approximate surface area is 167 Å². The van der Waals surface area contributed by atoms with Gasteiger partial charge >= 0.3 is 0 Å². The van der Waals surface area contributed by atoms with Gasteiger partial charge in [0.15, 0.2) is 5.11 Å². The van der Waals surface area contributed by atoms with Crippen molar-refractivity contribution in [3.8, 4) is 5.75 Å². The van der Waals surface area contributed by atoms with Crippen molar-refractivity contribution in [2.45, 2.75) is 6.61 Å². The molecule has 0 N–H and O–H groups in total. The van der Waals surface area contributed by atoms with E-state index in [-0.39, 0.29) is 5.91 Å². The summed E-state index contributed by atoms with van der Waals surface area (Å²) in [5.74, 6) is 0.590. The molecule has 0 atom stereocenters. The average Bonchev–Trinajstić information content (AvgIpc) is 2.80. The molecule has 26 heavy (non-hydrogen) atoms. The molecule has 1 fully saturated rings. The lowest BCUT2D eigenvalue weighted by atomic mass is 10.1. The third kappa shape index (κ3) is 3.85. The number of thiocarbonyl (C=S) groups is 1. The summed E-state index contributed by atoms with van der Waals surface area (Å²) in [6.07, 6.45) is 1.80. The van der Waals surface area contributed by atoms with E-state index in [1.807, 2.05) is 30.3 Å². The predicted molar refractivity (Wildman–Crippen MR) is 108 cm³/mol. The number of likely N-dealkylation sites (N-methyl/N-ethyl adjacent to an activating group) is 2. The number of amides is 1. The monoisotopic (exact) mass is 406 g/mol. The first-order chi connectivity index (χ1) is 12.4. The molecule has 7 heteroatoms. The van der Waals surface area contributed by atoms with Gasteiger partial charge in [-0.3, -0.25) is 9.69 Å². The quantitative estimate of drug-likeness (QED) is 0.548. The van der Waals surface area contributed by atoms with Crippen LogP contribution >= 0.6 is 35.4 Å². The van der Waals surface area contributed by atoms with Crippen molar-refractivity contribution in [1.82, 2.24) is 9.80 Å². The van der Waals surface area contributed by atoms with Crippen molar-refractivity contribution in [2.24, 2.45) is 0 Å². The van der Waals surface area contributed by atoms with Crippen LogP contribution in [0, 0.1) is 0 Å². The van der Waals surface area contributed by atoms with Crippen molar-refractivity contribution in [2.75, 3.05) is 14.1 Å². The molecule has 1 aliphatic rings. The molecule has 2 aromatic carbocycles. The van der Waals surface area contributed by atoms with Gasteiger partial charge in [-0.1, -0.05) is 41.4 Å². The van der Waals surface area contributed by atoms with E-state index in [0.29, 0.717) is 33.2 Å². The average molecular weight is 407 g/mol. The summed E-state index contributed by atoms with van der Waals surface area (Å²) in [5.41, 5.74) is 2.28. The van der Waals surface area contributed by atoms with Crippen LogP contribution < -0.4 is 4.74 Å². The minimum Gasteiger partial charge on any atom is -0.489 e. The van der Waals surface area contributed by atoms with Crippen molar-refractivity contribution in [3.63, 3.8) is 0 Å². The van der Waals surface area contributed by atoms with E-state index in [4.69, 9.17) is 40.2 Å². The van der Waals surface area contributed by atoms with E-state index in [0.717, 1.165) is 11.1 Å². The Hall–Kier alpha value is -2.08. The lowest BCUT2D eigenvalue weighted by Crippen LogP contribution is -2.26. The van der Waals surface area contributed by atoms with Crippen molar-refractivity contribution in [1.29, 1.82) is 0 Å². The van der Waals surface area contributed by atoms with Gasteiger partial charge in [0.2, 0.25) is 0 Å². The third-order valence-electron chi connectivity index (χ3n) is 4.05. The van der Waals surface area contributed by atoms with Gasteiger partial charge in [-0.25, -0.2) is 0 Å². The van der Waals surface area contributed by atoms with Crippen LogP contribution in [0.1, 0.15) is 11.1 Å². The summed E-state index contributed by atoms with van der Waals surface area (Å²) < 4.78 is 5.76. The summed E-state index contributed by atoms with van der Waals surface area (Å²) >= 11 is 17.2. The van der Waals surface area contributed by atoms with Gasteiger partial charge in [0.05, 0.1) is 0 Å². The number of carbonyl (C=O) groups is 1. The molecule has 0 aromatic heterocycles. The topological polar surface area (TPSA) is 32.8 Å². The van der Waals surface area contributed by atoms with Crippen LogP contribution in [-0.4, -0.2) is 34.9 Å². The minimum atomic E-state index is -0.116. The zero-order valence-electron chi connectivity index (χ0n) is 14.2. The van der Waals surface area contributed by atoms with Crippen LogP contribution in [0.2, 0.25) is 10.0 Å². The third-order valence-corrected chi connectivity index (χ3v) is 5.19. The van der Waals surface area contributed by atoms with Crippen LogP contribution in [-0.2, 0) is 11.4 Å². The fraction of sp³-hybridized carbons (Fsp3) is 0.158. The number of carbonyl (C=O) groups excluding carboxylic acids is 1. The highest BCUT2D eigenvalue weighted by Crippen LogP contribution is 2.24. The highest BCUT2D eigenvalue weighted by molar-refractivity contribution is 7.80.